The Morgan fingerprint density at radius 1 is 1.14 bits per heavy atom. The third-order valence-electron chi connectivity index (χ3n) is 4.62. The van der Waals surface area contributed by atoms with Gasteiger partial charge in [-0.25, -0.2) is 0 Å². The second-order valence-electron chi connectivity index (χ2n) is 7.01. The number of anilines is 2. The Morgan fingerprint density at radius 2 is 1.86 bits per heavy atom. The van der Waals surface area contributed by atoms with Crippen molar-refractivity contribution in [3.05, 3.63) is 86.8 Å². The Bertz CT molecular complexity index is 1080. The van der Waals surface area contributed by atoms with E-state index < -0.39 is 5.56 Å². The van der Waals surface area contributed by atoms with Crippen molar-refractivity contribution in [2.24, 2.45) is 0 Å². The Kier molecular flexibility index (Phi) is 6.34. The second kappa shape index (κ2) is 8.92. The van der Waals surface area contributed by atoms with Crippen molar-refractivity contribution in [2.45, 2.75) is 19.9 Å². The molecule has 29 heavy (non-hydrogen) atoms. The lowest BCUT2D eigenvalue weighted by Crippen LogP contribution is -2.28. The van der Waals surface area contributed by atoms with Crippen LogP contribution in [0.4, 0.5) is 11.6 Å². The zero-order valence-electron chi connectivity index (χ0n) is 16.6. The van der Waals surface area contributed by atoms with Crippen LogP contribution in [0.1, 0.15) is 16.7 Å². The van der Waals surface area contributed by atoms with Gasteiger partial charge < -0.3 is 14.8 Å². The minimum Gasteiger partial charge on any atom is -0.349 e. The number of aromatic nitrogens is 2. The summed E-state index contributed by atoms with van der Waals surface area (Å²) in [7, 11) is 3.33. The Balaban J connectivity index is 2.03. The predicted molar refractivity (Wildman–Crippen MR) is 116 cm³/mol. The van der Waals surface area contributed by atoms with Crippen LogP contribution in [0.3, 0.4) is 0 Å². The van der Waals surface area contributed by atoms with E-state index in [1.807, 2.05) is 60.0 Å². The average molecular weight is 411 g/mol. The number of hydrogen-bond donors (Lipinski definition) is 1. The molecule has 0 fully saturated rings. The molecule has 3 rings (SSSR count). The van der Waals surface area contributed by atoms with Gasteiger partial charge in [-0.2, -0.15) is 4.98 Å². The number of amides is 1. The molecule has 0 spiro atoms. The van der Waals surface area contributed by atoms with Crippen molar-refractivity contribution in [1.29, 1.82) is 0 Å². The molecule has 1 N–H and O–H groups in total. The van der Waals surface area contributed by atoms with E-state index in [-0.39, 0.29) is 12.3 Å². The zero-order valence-corrected chi connectivity index (χ0v) is 17.4. The highest BCUT2D eigenvalue weighted by molar-refractivity contribution is 6.31. The van der Waals surface area contributed by atoms with Gasteiger partial charge >= 0.3 is 0 Å². The van der Waals surface area contributed by atoms with Crippen molar-refractivity contribution < 1.29 is 4.79 Å². The summed E-state index contributed by atoms with van der Waals surface area (Å²) in [5.74, 6) is 0.242. The van der Waals surface area contributed by atoms with Crippen molar-refractivity contribution in [2.75, 3.05) is 19.4 Å². The quantitative estimate of drug-likeness (QED) is 0.673. The van der Waals surface area contributed by atoms with E-state index in [0.717, 1.165) is 16.8 Å². The van der Waals surface area contributed by atoms with E-state index in [9.17, 15) is 9.59 Å². The molecular formula is C22H23ClN4O2. The maximum Gasteiger partial charge on any atom is 0.278 e. The van der Waals surface area contributed by atoms with Crippen molar-refractivity contribution in [1.82, 2.24) is 14.5 Å². The summed E-state index contributed by atoms with van der Waals surface area (Å²) >= 11 is 6.22. The molecule has 0 saturated heterocycles. The van der Waals surface area contributed by atoms with Crippen molar-refractivity contribution in [3.8, 4) is 0 Å². The first-order valence-electron chi connectivity index (χ1n) is 9.21. The molecule has 0 aliphatic carbocycles. The van der Waals surface area contributed by atoms with E-state index in [1.165, 1.54) is 4.90 Å². The van der Waals surface area contributed by atoms with E-state index in [1.54, 1.807) is 20.3 Å². The third-order valence-corrected chi connectivity index (χ3v) is 5.03. The zero-order chi connectivity index (χ0) is 21.0. The van der Waals surface area contributed by atoms with Crippen LogP contribution >= 0.6 is 11.6 Å². The molecule has 0 bridgehead atoms. The molecule has 1 heterocycles. The minimum atomic E-state index is -0.424. The SMILES string of the molecule is Cc1c(Cl)cccc1Nc1nc(=O)c(CC(=O)N(C)C)cn1Cc1ccccc1. The van der Waals surface area contributed by atoms with Crippen LogP contribution in [0.25, 0.3) is 0 Å². The number of rotatable bonds is 6. The van der Waals surface area contributed by atoms with Gasteiger partial charge in [0, 0.05) is 36.6 Å². The van der Waals surface area contributed by atoms with Crippen molar-refractivity contribution in [3.63, 3.8) is 0 Å². The van der Waals surface area contributed by atoms with Gasteiger partial charge in [0.1, 0.15) is 0 Å². The molecule has 7 heteroatoms. The third kappa shape index (κ3) is 5.03. The summed E-state index contributed by atoms with van der Waals surface area (Å²) in [5.41, 5.74) is 2.61. The fraction of sp³-hybridized carbons (Fsp3) is 0.227. The molecule has 0 aliphatic heterocycles. The van der Waals surface area contributed by atoms with Gasteiger partial charge in [0.25, 0.3) is 5.56 Å². The van der Waals surface area contributed by atoms with Gasteiger partial charge in [-0.05, 0) is 30.2 Å². The summed E-state index contributed by atoms with van der Waals surface area (Å²) in [4.78, 5) is 30.4. The molecule has 3 aromatic rings. The van der Waals surface area contributed by atoms with Gasteiger partial charge in [0.15, 0.2) is 0 Å². The van der Waals surface area contributed by atoms with Crippen LogP contribution in [0.2, 0.25) is 5.02 Å². The maximum atomic E-state index is 12.6. The molecule has 150 valence electrons. The molecule has 1 aromatic heterocycles. The lowest BCUT2D eigenvalue weighted by atomic mass is 10.2. The number of carbonyl (C=O) groups is 1. The highest BCUT2D eigenvalue weighted by Crippen LogP contribution is 2.25. The number of halogens is 1. The summed E-state index contributed by atoms with van der Waals surface area (Å²) in [5, 5.41) is 3.84. The van der Waals surface area contributed by atoms with Gasteiger partial charge in [-0.1, -0.05) is 48.0 Å². The topological polar surface area (TPSA) is 67.2 Å². The van der Waals surface area contributed by atoms with Crippen LogP contribution in [-0.2, 0) is 17.8 Å². The molecule has 0 radical (unpaired) electrons. The van der Waals surface area contributed by atoms with E-state index in [0.29, 0.717) is 23.1 Å². The average Bonchev–Trinajstić information content (AvgIpc) is 2.69. The highest BCUT2D eigenvalue weighted by Gasteiger charge is 2.15. The first kappa shape index (κ1) is 20.6. The monoisotopic (exact) mass is 410 g/mol. The van der Waals surface area contributed by atoms with Gasteiger partial charge in [-0.3, -0.25) is 9.59 Å². The Labute approximate surface area is 174 Å². The second-order valence-corrected chi connectivity index (χ2v) is 7.42. The Hall–Kier alpha value is -3.12. The number of carbonyl (C=O) groups excluding carboxylic acids is 1. The van der Waals surface area contributed by atoms with Crippen LogP contribution in [0.15, 0.2) is 59.5 Å². The first-order chi connectivity index (χ1) is 13.8. The van der Waals surface area contributed by atoms with Crippen LogP contribution < -0.4 is 10.9 Å². The molecule has 0 aliphatic rings. The standard InChI is InChI=1S/C22H23ClN4O2/c1-15-18(23)10-7-11-19(15)24-22-25-21(29)17(12-20(28)26(2)3)14-27(22)13-16-8-5-4-6-9-16/h4-11,14H,12-13H2,1-3H3,(H,24,25,29). The molecule has 0 atom stereocenters. The first-order valence-corrected chi connectivity index (χ1v) is 9.59. The van der Waals surface area contributed by atoms with Crippen LogP contribution in [0.5, 0.6) is 0 Å². The van der Waals surface area contributed by atoms with Crippen molar-refractivity contribution >= 4 is 29.1 Å². The van der Waals surface area contributed by atoms with Gasteiger partial charge in [0.05, 0.1) is 13.0 Å². The summed E-state index contributed by atoms with van der Waals surface area (Å²) in [6.45, 7) is 2.40. The molecule has 2 aromatic carbocycles. The lowest BCUT2D eigenvalue weighted by molar-refractivity contribution is -0.127. The molecule has 0 unspecified atom stereocenters. The number of likely N-dealkylation sites (N-methyl/N-ethyl adjacent to an activating group) is 1. The van der Waals surface area contributed by atoms with E-state index in [4.69, 9.17) is 11.6 Å². The van der Waals surface area contributed by atoms with Crippen LogP contribution in [-0.4, -0.2) is 34.5 Å². The number of nitrogens with zero attached hydrogens (tertiary/aromatic N) is 3. The summed E-state index contributed by atoms with van der Waals surface area (Å²) in [6.07, 6.45) is 1.70. The summed E-state index contributed by atoms with van der Waals surface area (Å²) < 4.78 is 1.84. The van der Waals surface area contributed by atoms with Crippen LogP contribution in [0, 0.1) is 6.92 Å². The number of benzene rings is 2. The fourth-order valence-electron chi connectivity index (χ4n) is 2.84. The molecular weight excluding hydrogens is 388 g/mol. The lowest BCUT2D eigenvalue weighted by Gasteiger charge is -2.17. The largest absolute Gasteiger partial charge is 0.349 e. The Morgan fingerprint density at radius 3 is 2.55 bits per heavy atom. The smallest absolute Gasteiger partial charge is 0.278 e. The fourth-order valence-corrected chi connectivity index (χ4v) is 3.02. The van der Waals surface area contributed by atoms with Gasteiger partial charge in [-0.15, -0.1) is 0 Å². The number of hydrogen-bond acceptors (Lipinski definition) is 4. The van der Waals surface area contributed by atoms with E-state index in [2.05, 4.69) is 10.3 Å². The maximum absolute atomic E-state index is 12.6. The molecule has 1 amide bonds. The highest BCUT2D eigenvalue weighted by atomic mass is 35.5. The van der Waals surface area contributed by atoms with Gasteiger partial charge in [0.2, 0.25) is 11.9 Å². The van der Waals surface area contributed by atoms with E-state index >= 15 is 0 Å². The minimum absolute atomic E-state index is 0.00406. The normalized spacial score (nSPS) is 10.6. The summed E-state index contributed by atoms with van der Waals surface area (Å²) in [6, 6.07) is 15.4. The molecule has 6 nitrogen and oxygen atoms in total. The number of nitrogens with one attached hydrogen (secondary N) is 1. The molecule has 0 saturated carbocycles. The predicted octanol–water partition coefficient (Wildman–Crippen LogP) is 3.63.